The van der Waals surface area contributed by atoms with E-state index in [1.165, 1.54) is 18.2 Å². The summed E-state index contributed by atoms with van der Waals surface area (Å²) in [6, 6.07) is 13.6. The molecular formula is C12H10N3O3S-. The fourth-order valence-electron chi connectivity index (χ4n) is 1.79. The van der Waals surface area contributed by atoms with Crippen molar-refractivity contribution in [3.05, 3.63) is 54.0 Å². The average Bonchev–Trinajstić information content (AvgIpc) is 2.81. The monoisotopic (exact) mass is 276 g/mol. The molecule has 0 aliphatic carbocycles. The van der Waals surface area contributed by atoms with Crippen molar-refractivity contribution in [1.29, 1.82) is 0 Å². The molecule has 0 atom stereocenters. The second kappa shape index (κ2) is 4.15. The van der Waals surface area contributed by atoms with Gasteiger partial charge in [0.25, 0.3) is 10.1 Å². The molecule has 0 aromatic heterocycles. The van der Waals surface area contributed by atoms with Crippen LogP contribution >= 0.6 is 0 Å². The molecule has 1 heterocycles. The van der Waals surface area contributed by atoms with Crippen LogP contribution in [0.15, 0.2) is 53.4 Å². The number of fused-ring (bicyclic) bond motifs is 1. The van der Waals surface area contributed by atoms with Crippen LogP contribution in [-0.2, 0) is 10.1 Å². The van der Waals surface area contributed by atoms with Gasteiger partial charge in [-0.05, 0) is 24.3 Å². The molecule has 1 aliphatic rings. The molecule has 19 heavy (non-hydrogen) atoms. The quantitative estimate of drug-likeness (QED) is 0.824. The molecule has 1 aliphatic heterocycles. The van der Waals surface area contributed by atoms with E-state index in [0.717, 1.165) is 5.69 Å². The van der Waals surface area contributed by atoms with Crippen LogP contribution in [0.1, 0.15) is 0 Å². The molecule has 98 valence electrons. The Labute approximate surface area is 110 Å². The minimum atomic E-state index is -4.21. The number of benzene rings is 2. The largest absolute Gasteiger partial charge is 0.572 e. The highest BCUT2D eigenvalue weighted by atomic mass is 32.2. The van der Waals surface area contributed by atoms with Crippen molar-refractivity contribution in [2.75, 3.05) is 10.5 Å². The molecule has 7 heteroatoms. The summed E-state index contributed by atoms with van der Waals surface area (Å²) in [6.45, 7) is 0. The molecular weight excluding hydrogens is 266 g/mol. The molecule has 0 fully saturated rings. The summed E-state index contributed by atoms with van der Waals surface area (Å²) in [5.41, 5.74) is 9.21. The van der Waals surface area contributed by atoms with Crippen molar-refractivity contribution in [3.8, 4) is 0 Å². The molecule has 2 N–H and O–H groups in total. The lowest BCUT2D eigenvalue weighted by Gasteiger charge is -2.31. The highest BCUT2D eigenvalue weighted by Gasteiger charge is 2.14. The van der Waals surface area contributed by atoms with Gasteiger partial charge in [-0.25, -0.2) is 0 Å². The molecule has 0 saturated heterocycles. The van der Waals surface area contributed by atoms with Gasteiger partial charge in [0.15, 0.2) is 0 Å². The van der Waals surface area contributed by atoms with Crippen molar-refractivity contribution in [3.63, 3.8) is 0 Å². The van der Waals surface area contributed by atoms with E-state index in [0.29, 0.717) is 11.4 Å². The fraction of sp³-hybridized carbons (Fsp3) is 0. The topological polar surface area (TPSA) is 83.7 Å². The predicted octanol–water partition coefficient (Wildman–Crippen LogP) is 2.70. The lowest BCUT2D eigenvalue weighted by atomic mass is 10.3. The van der Waals surface area contributed by atoms with Crippen molar-refractivity contribution in [2.24, 2.45) is 0 Å². The van der Waals surface area contributed by atoms with E-state index in [1.807, 2.05) is 30.3 Å². The smallest absolute Gasteiger partial charge is 0.294 e. The van der Waals surface area contributed by atoms with Gasteiger partial charge in [-0.3, -0.25) is 4.55 Å². The van der Waals surface area contributed by atoms with Crippen LogP contribution in [0, 0.1) is 0 Å². The van der Waals surface area contributed by atoms with Crippen LogP contribution in [-0.4, -0.2) is 13.0 Å². The number of para-hydroxylation sites is 1. The second-order valence-corrected chi connectivity index (χ2v) is 5.43. The van der Waals surface area contributed by atoms with Gasteiger partial charge >= 0.3 is 0 Å². The molecule has 0 spiro atoms. The minimum Gasteiger partial charge on any atom is -0.572 e. The summed E-state index contributed by atoms with van der Waals surface area (Å²) in [5.74, 6) is 0. The second-order valence-electron chi connectivity index (χ2n) is 4.01. The lowest BCUT2D eigenvalue weighted by Crippen LogP contribution is -2.18. The zero-order chi connectivity index (χ0) is 13.5. The van der Waals surface area contributed by atoms with E-state index in [1.54, 1.807) is 5.12 Å². The number of rotatable bonds is 2. The van der Waals surface area contributed by atoms with Crippen LogP contribution in [0.25, 0.3) is 5.43 Å². The summed E-state index contributed by atoms with van der Waals surface area (Å²) in [4.78, 5) is -0.163. The normalized spacial score (nSPS) is 13.6. The molecule has 0 amide bonds. The summed E-state index contributed by atoms with van der Waals surface area (Å²) in [5, 5.41) is 1.54. The van der Waals surface area contributed by atoms with Gasteiger partial charge in [0, 0.05) is 11.4 Å². The Kier molecular flexibility index (Phi) is 2.58. The van der Waals surface area contributed by atoms with Gasteiger partial charge in [0.05, 0.1) is 4.90 Å². The van der Waals surface area contributed by atoms with Gasteiger partial charge in [0.2, 0.25) is 0 Å². The van der Waals surface area contributed by atoms with Crippen molar-refractivity contribution in [1.82, 2.24) is 0 Å². The zero-order valence-electron chi connectivity index (χ0n) is 9.69. The maximum Gasteiger partial charge on any atom is 0.294 e. The number of nitrogens with zero attached hydrogens (tertiary/aromatic N) is 2. The minimum absolute atomic E-state index is 0.163. The van der Waals surface area contributed by atoms with Crippen LogP contribution in [0.5, 0.6) is 0 Å². The van der Waals surface area contributed by atoms with E-state index in [2.05, 4.69) is 10.9 Å². The van der Waals surface area contributed by atoms with Gasteiger partial charge in [-0.1, -0.05) is 30.0 Å². The Balaban J connectivity index is 1.93. The van der Waals surface area contributed by atoms with E-state index in [4.69, 9.17) is 4.55 Å². The van der Waals surface area contributed by atoms with Crippen LogP contribution in [0.2, 0.25) is 0 Å². The predicted molar refractivity (Wildman–Crippen MR) is 71.8 cm³/mol. The van der Waals surface area contributed by atoms with E-state index < -0.39 is 10.1 Å². The Morgan fingerprint density at radius 3 is 2.53 bits per heavy atom. The van der Waals surface area contributed by atoms with Crippen LogP contribution in [0.3, 0.4) is 0 Å². The number of hydrogen-bond acceptors (Lipinski definition) is 4. The highest BCUT2D eigenvalue weighted by molar-refractivity contribution is 7.85. The number of hydrazine groups is 1. The van der Waals surface area contributed by atoms with Crippen molar-refractivity contribution >= 4 is 27.2 Å². The number of hydrogen-bond donors (Lipinski definition) is 2. The standard InChI is InChI=1S/C12H10N3O3S/c16-19(17,18)10-6-7-11-12(8-10)14-15(13-11)9-4-2-1-3-5-9/h1-8,14H,(H,16,17,18)/q-1. The fourth-order valence-corrected chi connectivity index (χ4v) is 2.30. The van der Waals surface area contributed by atoms with Crippen molar-refractivity contribution < 1.29 is 13.0 Å². The molecule has 0 bridgehead atoms. The van der Waals surface area contributed by atoms with Crippen LogP contribution < -0.4 is 10.5 Å². The Morgan fingerprint density at radius 1 is 1.11 bits per heavy atom. The first kappa shape index (κ1) is 11.8. The van der Waals surface area contributed by atoms with E-state index in [-0.39, 0.29) is 4.90 Å². The van der Waals surface area contributed by atoms with Gasteiger partial charge < -0.3 is 16.0 Å². The van der Waals surface area contributed by atoms with Gasteiger partial charge in [0.1, 0.15) is 0 Å². The maximum atomic E-state index is 11.1. The summed E-state index contributed by atoms with van der Waals surface area (Å²) < 4.78 is 31.1. The third-order valence-electron chi connectivity index (χ3n) is 2.70. The van der Waals surface area contributed by atoms with Crippen molar-refractivity contribution in [2.45, 2.75) is 4.90 Å². The van der Waals surface area contributed by atoms with E-state index in [9.17, 15) is 8.42 Å². The molecule has 3 rings (SSSR count). The first-order valence-corrected chi connectivity index (χ1v) is 6.93. The van der Waals surface area contributed by atoms with Gasteiger partial charge in [-0.15, -0.1) is 0 Å². The SMILES string of the molecule is O=S(=O)(O)c1ccc2c(c1)NN(c1ccccc1)[N-]2. The summed E-state index contributed by atoms with van der Waals surface area (Å²) in [7, 11) is -4.21. The lowest BCUT2D eigenvalue weighted by molar-refractivity contribution is 0.483. The molecule has 0 unspecified atom stereocenters. The zero-order valence-corrected chi connectivity index (χ0v) is 10.5. The third kappa shape index (κ3) is 2.20. The molecule has 2 aromatic rings. The number of anilines is 2. The molecule has 6 nitrogen and oxygen atoms in total. The Hall–Kier alpha value is -2.25. The number of nitrogens with one attached hydrogen (secondary N) is 1. The molecule has 0 radical (unpaired) electrons. The highest BCUT2D eigenvalue weighted by Crippen LogP contribution is 2.40. The van der Waals surface area contributed by atoms with E-state index >= 15 is 0 Å². The first-order chi connectivity index (χ1) is 9.04. The third-order valence-corrected chi connectivity index (χ3v) is 3.55. The average molecular weight is 276 g/mol. The Morgan fingerprint density at radius 2 is 1.84 bits per heavy atom. The summed E-state index contributed by atoms with van der Waals surface area (Å²) in [6.07, 6.45) is 0. The van der Waals surface area contributed by atoms with Crippen LogP contribution in [0.4, 0.5) is 17.1 Å². The van der Waals surface area contributed by atoms with Gasteiger partial charge in [-0.2, -0.15) is 8.42 Å². The Bertz CT molecular complexity index is 716. The molecule has 0 saturated carbocycles. The first-order valence-electron chi connectivity index (χ1n) is 5.49. The molecule has 2 aromatic carbocycles. The summed E-state index contributed by atoms with van der Waals surface area (Å²) >= 11 is 0. The maximum absolute atomic E-state index is 11.1.